The van der Waals surface area contributed by atoms with Crippen LogP contribution in [0.25, 0.3) is 5.69 Å². The SMILES string of the molecule is O=C(c1ccc(-n2cccc2)cc1)N1CCCCO1. The number of rotatable bonds is 2. The summed E-state index contributed by atoms with van der Waals surface area (Å²) in [6.45, 7) is 1.31. The fraction of sp³-hybridized carbons (Fsp3) is 0.267. The molecule has 4 heteroatoms. The Kier molecular flexibility index (Phi) is 3.33. The fourth-order valence-electron chi connectivity index (χ4n) is 2.18. The molecule has 2 heterocycles. The lowest BCUT2D eigenvalue weighted by molar-refractivity contribution is -0.144. The number of amides is 1. The van der Waals surface area contributed by atoms with Gasteiger partial charge in [0.05, 0.1) is 6.61 Å². The van der Waals surface area contributed by atoms with Crippen LogP contribution in [0, 0.1) is 0 Å². The molecule has 0 aliphatic carbocycles. The number of carbonyl (C=O) groups is 1. The van der Waals surface area contributed by atoms with E-state index < -0.39 is 0 Å². The molecular weight excluding hydrogens is 240 g/mol. The minimum Gasteiger partial charge on any atom is -0.324 e. The van der Waals surface area contributed by atoms with Crippen LogP contribution in [0.3, 0.4) is 0 Å². The second-order valence-corrected chi connectivity index (χ2v) is 4.58. The number of benzene rings is 1. The minimum atomic E-state index is -0.0567. The van der Waals surface area contributed by atoms with E-state index in [1.165, 1.54) is 5.06 Å². The van der Waals surface area contributed by atoms with Crippen LogP contribution in [0.2, 0.25) is 0 Å². The molecule has 1 aromatic heterocycles. The van der Waals surface area contributed by atoms with Crippen LogP contribution in [-0.2, 0) is 4.84 Å². The van der Waals surface area contributed by atoms with Crippen molar-refractivity contribution in [1.29, 1.82) is 0 Å². The van der Waals surface area contributed by atoms with Gasteiger partial charge in [-0.3, -0.25) is 9.63 Å². The van der Waals surface area contributed by atoms with Crippen LogP contribution in [-0.4, -0.2) is 28.7 Å². The van der Waals surface area contributed by atoms with Crippen molar-refractivity contribution in [3.63, 3.8) is 0 Å². The topological polar surface area (TPSA) is 34.5 Å². The molecule has 0 N–H and O–H groups in total. The van der Waals surface area contributed by atoms with Crippen molar-refractivity contribution in [3.05, 3.63) is 54.4 Å². The quantitative estimate of drug-likeness (QED) is 0.828. The van der Waals surface area contributed by atoms with Gasteiger partial charge in [0.2, 0.25) is 0 Å². The maximum absolute atomic E-state index is 12.2. The van der Waals surface area contributed by atoms with E-state index in [1.54, 1.807) is 0 Å². The Morgan fingerprint density at radius 1 is 1.05 bits per heavy atom. The van der Waals surface area contributed by atoms with Crippen molar-refractivity contribution >= 4 is 5.91 Å². The molecule has 0 radical (unpaired) electrons. The third-order valence-electron chi connectivity index (χ3n) is 3.25. The van der Waals surface area contributed by atoms with Crippen molar-refractivity contribution in [1.82, 2.24) is 9.63 Å². The average Bonchev–Trinajstić information content (AvgIpc) is 3.02. The Bertz CT molecular complexity index is 540. The maximum atomic E-state index is 12.2. The first-order valence-corrected chi connectivity index (χ1v) is 6.53. The average molecular weight is 256 g/mol. The van der Waals surface area contributed by atoms with Crippen LogP contribution in [0.15, 0.2) is 48.8 Å². The molecule has 1 fully saturated rings. The van der Waals surface area contributed by atoms with E-state index in [4.69, 9.17) is 4.84 Å². The zero-order valence-corrected chi connectivity index (χ0v) is 10.7. The van der Waals surface area contributed by atoms with Gasteiger partial charge in [-0.15, -0.1) is 0 Å². The molecule has 1 aliphatic heterocycles. The third kappa shape index (κ3) is 2.53. The summed E-state index contributed by atoms with van der Waals surface area (Å²) in [6.07, 6.45) is 5.98. The summed E-state index contributed by atoms with van der Waals surface area (Å²) in [7, 11) is 0. The summed E-state index contributed by atoms with van der Waals surface area (Å²) >= 11 is 0. The summed E-state index contributed by atoms with van der Waals surface area (Å²) < 4.78 is 2.01. The molecule has 2 aromatic rings. The lowest BCUT2D eigenvalue weighted by Gasteiger charge is -2.25. The molecule has 0 atom stereocenters. The van der Waals surface area contributed by atoms with Gasteiger partial charge < -0.3 is 4.57 Å². The van der Waals surface area contributed by atoms with Gasteiger partial charge >= 0.3 is 0 Å². The van der Waals surface area contributed by atoms with E-state index in [2.05, 4.69) is 0 Å². The van der Waals surface area contributed by atoms with Gasteiger partial charge in [0, 0.05) is 30.2 Å². The Hall–Kier alpha value is -2.07. The van der Waals surface area contributed by atoms with E-state index >= 15 is 0 Å². The first-order chi connectivity index (χ1) is 9.34. The summed E-state index contributed by atoms with van der Waals surface area (Å²) in [5.74, 6) is -0.0567. The molecule has 4 nitrogen and oxygen atoms in total. The standard InChI is InChI=1S/C15H16N2O2/c18-15(17-11-3-4-12-19-17)13-5-7-14(8-6-13)16-9-1-2-10-16/h1-2,5-10H,3-4,11-12H2. The number of hydrogen-bond donors (Lipinski definition) is 0. The van der Waals surface area contributed by atoms with E-state index in [-0.39, 0.29) is 5.91 Å². The number of nitrogens with zero attached hydrogens (tertiary/aromatic N) is 2. The molecule has 0 spiro atoms. The number of aromatic nitrogens is 1. The molecule has 0 bridgehead atoms. The molecule has 1 saturated heterocycles. The first kappa shape index (κ1) is 12.0. The number of hydrogen-bond acceptors (Lipinski definition) is 2. The highest BCUT2D eigenvalue weighted by atomic mass is 16.7. The maximum Gasteiger partial charge on any atom is 0.277 e. The molecule has 1 amide bonds. The Balaban J connectivity index is 1.76. The van der Waals surface area contributed by atoms with Gasteiger partial charge in [-0.1, -0.05) is 0 Å². The molecule has 0 saturated carbocycles. The van der Waals surface area contributed by atoms with Gasteiger partial charge in [-0.05, 0) is 49.2 Å². The highest BCUT2D eigenvalue weighted by Gasteiger charge is 2.19. The van der Waals surface area contributed by atoms with Crippen LogP contribution < -0.4 is 0 Å². The molecule has 0 unspecified atom stereocenters. The fourth-order valence-corrected chi connectivity index (χ4v) is 2.18. The van der Waals surface area contributed by atoms with E-state index in [9.17, 15) is 4.79 Å². The lowest BCUT2D eigenvalue weighted by atomic mass is 10.2. The van der Waals surface area contributed by atoms with Crippen molar-refractivity contribution in [2.45, 2.75) is 12.8 Å². The summed E-state index contributed by atoms with van der Waals surface area (Å²) in [5, 5.41) is 1.47. The van der Waals surface area contributed by atoms with Crippen molar-refractivity contribution in [2.24, 2.45) is 0 Å². The summed E-state index contributed by atoms with van der Waals surface area (Å²) in [5.41, 5.74) is 1.71. The van der Waals surface area contributed by atoms with Crippen LogP contribution in [0.5, 0.6) is 0 Å². The predicted octanol–water partition coefficient (Wildman–Crippen LogP) is 2.64. The Morgan fingerprint density at radius 2 is 1.79 bits per heavy atom. The predicted molar refractivity (Wildman–Crippen MR) is 72.0 cm³/mol. The largest absolute Gasteiger partial charge is 0.324 e. The van der Waals surface area contributed by atoms with Crippen molar-refractivity contribution in [3.8, 4) is 5.69 Å². The van der Waals surface area contributed by atoms with Crippen LogP contribution >= 0.6 is 0 Å². The summed E-state index contributed by atoms with van der Waals surface area (Å²) in [6, 6.07) is 11.5. The second kappa shape index (κ2) is 5.28. The van der Waals surface area contributed by atoms with Crippen LogP contribution in [0.4, 0.5) is 0 Å². The normalized spacial score (nSPS) is 15.5. The minimum absolute atomic E-state index is 0.0567. The molecule has 1 aliphatic rings. The first-order valence-electron chi connectivity index (χ1n) is 6.53. The van der Waals surface area contributed by atoms with Gasteiger partial charge in [0.15, 0.2) is 0 Å². The molecule has 19 heavy (non-hydrogen) atoms. The van der Waals surface area contributed by atoms with E-state index in [0.29, 0.717) is 18.7 Å². The van der Waals surface area contributed by atoms with Gasteiger partial charge in [-0.2, -0.15) is 0 Å². The molecule has 3 rings (SSSR count). The zero-order valence-electron chi connectivity index (χ0n) is 10.7. The summed E-state index contributed by atoms with van der Waals surface area (Å²) in [4.78, 5) is 17.6. The van der Waals surface area contributed by atoms with Gasteiger partial charge in [0.25, 0.3) is 5.91 Å². The Morgan fingerprint density at radius 3 is 2.42 bits per heavy atom. The Labute approximate surface area is 112 Å². The van der Waals surface area contributed by atoms with E-state index in [1.807, 2.05) is 53.4 Å². The third-order valence-corrected chi connectivity index (χ3v) is 3.25. The zero-order chi connectivity index (χ0) is 13.1. The molecule has 1 aromatic carbocycles. The molecule has 98 valence electrons. The highest BCUT2D eigenvalue weighted by molar-refractivity contribution is 5.93. The van der Waals surface area contributed by atoms with Crippen molar-refractivity contribution < 1.29 is 9.63 Å². The van der Waals surface area contributed by atoms with Crippen molar-refractivity contribution in [2.75, 3.05) is 13.2 Å². The number of hydroxylamine groups is 2. The second-order valence-electron chi connectivity index (χ2n) is 4.58. The van der Waals surface area contributed by atoms with Gasteiger partial charge in [-0.25, -0.2) is 5.06 Å². The smallest absolute Gasteiger partial charge is 0.277 e. The monoisotopic (exact) mass is 256 g/mol. The number of carbonyl (C=O) groups excluding carboxylic acids is 1. The van der Waals surface area contributed by atoms with E-state index in [0.717, 1.165) is 18.5 Å². The van der Waals surface area contributed by atoms with Gasteiger partial charge in [0.1, 0.15) is 0 Å². The highest BCUT2D eigenvalue weighted by Crippen LogP contribution is 2.14. The van der Waals surface area contributed by atoms with Crippen LogP contribution in [0.1, 0.15) is 23.2 Å². The molecular formula is C15H16N2O2. The lowest BCUT2D eigenvalue weighted by Crippen LogP contribution is -2.35.